The minimum Gasteiger partial charge on any atom is -0.475 e. The lowest BCUT2D eigenvalue weighted by Gasteiger charge is -2.06. The second kappa shape index (κ2) is 6.83. The topological polar surface area (TPSA) is 98.9 Å². The fourth-order valence-corrected chi connectivity index (χ4v) is 3.69. The summed E-state index contributed by atoms with van der Waals surface area (Å²) in [6.45, 7) is 2.24. The highest BCUT2D eigenvalue weighted by Crippen LogP contribution is 2.34. The molecule has 0 saturated heterocycles. The minimum absolute atomic E-state index is 0.290. The van der Waals surface area contributed by atoms with E-state index in [4.69, 9.17) is 5.11 Å². The number of anilines is 1. The van der Waals surface area contributed by atoms with E-state index in [1.54, 1.807) is 6.07 Å². The summed E-state index contributed by atoms with van der Waals surface area (Å²) >= 11 is 1.35. The molecule has 8 heteroatoms. The smallest absolute Gasteiger partial charge is 0.374 e. The number of carboxylic acid groups (broad SMARTS) is 1. The Labute approximate surface area is 146 Å². The summed E-state index contributed by atoms with van der Waals surface area (Å²) in [5, 5.41) is 22.0. The number of thiophene rings is 1. The second-order valence-corrected chi connectivity index (χ2v) is 6.39. The molecule has 0 radical (unpaired) electrons. The van der Waals surface area contributed by atoms with Gasteiger partial charge in [-0.25, -0.2) is 19.2 Å². The lowest BCUT2D eigenvalue weighted by Crippen LogP contribution is -2.10. The molecule has 25 heavy (non-hydrogen) atoms. The highest BCUT2D eigenvalue weighted by molar-refractivity contribution is 7.20. The molecule has 0 saturated carbocycles. The Bertz CT molecular complexity index is 1010. The number of nitrogens with one attached hydrogen (secondary N) is 1. The number of fused-ring (bicyclic) bond motifs is 1. The van der Waals surface area contributed by atoms with Crippen molar-refractivity contribution in [1.82, 2.24) is 9.97 Å². The van der Waals surface area contributed by atoms with Crippen LogP contribution in [-0.2, 0) is 6.42 Å². The van der Waals surface area contributed by atoms with Crippen LogP contribution in [0.3, 0.4) is 0 Å². The Hall–Kier alpha value is -3.05. The van der Waals surface area contributed by atoms with Crippen LogP contribution in [0.5, 0.6) is 0 Å². The van der Waals surface area contributed by atoms with Gasteiger partial charge in [0.15, 0.2) is 0 Å². The number of benzene rings is 1. The molecule has 0 spiro atoms. The standard InChI is InChI=1S/C17H13FN4O2S/c1-9-6-10(18)7-12-11(13(8-19)25-15(9)12)2-4-20-14-3-5-21-16(22-14)17(23)24/h3,5-7H,2,4H2,1H3,(H,23,24)(H,20,21,22). The molecule has 0 bridgehead atoms. The van der Waals surface area contributed by atoms with Crippen molar-refractivity contribution in [3.05, 3.63) is 52.0 Å². The minimum atomic E-state index is -1.20. The molecule has 2 aromatic heterocycles. The zero-order chi connectivity index (χ0) is 18.0. The van der Waals surface area contributed by atoms with Gasteiger partial charge in [-0.15, -0.1) is 11.3 Å². The summed E-state index contributed by atoms with van der Waals surface area (Å²) in [5.41, 5.74) is 1.59. The SMILES string of the molecule is Cc1cc(F)cc2c(CCNc3ccnc(C(=O)O)n3)c(C#N)sc12. The van der Waals surface area contributed by atoms with Gasteiger partial charge in [0, 0.05) is 22.8 Å². The van der Waals surface area contributed by atoms with Crippen LogP contribution in [0, 0.1) is 24.1 Å². The van der Waals surface area contributed by atoms with Crippen LogP contribution in [0.1, 0.15) is 26.6 Å². The molecular formula is C17H13FN4O2S. The van der Waals surface area contributed by atoms with Crippen molar-refractivity contribution in [2.45, 2.75) is 13.3 Å². The fourth-order valence-electron chi connectivity index (χ4n) is 2.59. The monoisotopic (exact) mass is 356 g/mol. The van der Waals surface area contributed by atoms with Gasteiger partial charge in [-0.3, -0.25) is 0 Å². The number of carbonyl (C=O) groups is 1. The lowest BCUT2D eigenvalue weighted by atomic mass is 10.1. The molecule has 2 N–H and O–H groups in total. The van der Waals surface area contributed by atoms with Crippen molar-refractivity contribution in [2.75, 3.05) is 11.9 Å². The van der Waals surface area contributed by atoms with Crippen molar-refractivity contribution in [3.8, 4) is 6.07 Å². The molecule has 6 nitrogen and oxygen atoms in total. The normalized spacial score (nSPS) is 10.6. The van der Waals surface area contributed by atoms with Gasteiger partial charge in [-0.1, -0.05) is 0 Å². The van der Waals surface area contributed by atoms with Gasteiger partial charge < -0.3 is 10.4 Å². The fraction of sp³-hybridized carbons (Fsp3) is 0.176. The second-order valence-electron chi connectivity index (χ2n) is 5.37. The van der Waals surface area contributed by atoms with Crippen LogP contribution in [0.2, 0.25) is 0 Å². The molecule has 0 aliphatic rings. The summed E-state index contributed by atoms with van der Waals surface area (Å²) in [4.78, 5) is 19.0. The van der Waals surface area contributed by atoms with Crippen molar-refractivity contribution >= 4 is 33.2 Å². The molecule has 0 fully saturated rings. The van der Waals surface area contributed by atoms with Crippen molar-refractivity contribution in [3.63, 3.8) is 0 Å². The first-order valence-electron chi connectivity index (χ1n) is 7.41. The quantitative estimate of drug-likeness (QED) is 0.727. The lowest BCUT2D eigenvalue weighted by molar-refractivity contribution is 0.0683. The third-order valence-electron chi connectivity index (χ3n) is 3.67. The first-order valence-corrected chi connectivity index (χ1v) is 8.23. The van der Waals surface area contributed by atoms with E-state index in [9.17, 15) is 14.4 Å². The maximum Gasteiger partial charge on any atom is 0.374 e. The number of halogens is 1. The number of rotatable bonds is 5. The predicted molar refractivity (Wildman–Crippen MR) is 92.4 cm³/mol. The Morgan fingerprint density at radius 2 is 2.28 bits per heavy atom. The van der Waals surface area contributed by atoms with Gasteiger partial charge in [-0.05, 0) is 42.7 Å². The van der Waals surface area contributed by atoms with E-state index >= 15 is 0 Å². The zero-order valence-electron chi connectivity index (χ0n) is 13.2. The molecule has 0 atom stereocenters. The maximum atomic E-state index is 13.7. The Morgan fingerprint density at radius 1 is 1.48 bits per heavy atom. The number of aromatic carboxylic acids is 1. The van der Waals surface area contributed by atoms with Crippen LogP contribution in [0.4, 0.5) is 10.2 Å². The third-order valence-corrected chi connectivity index (χ3v) is 4.96. The Morgan fingerprint density at radius 3 is 3.00 bits per heavy atom. The Balaban J connectivity index is 1.83. The van der Waals surface area contributed by atoms with Gasteiger partial charge in [0.05, 0.1) is 0 Å². The molecule has 3 aromatic rings. The molecule has 3 rings (SSSR count). The van der Waals surface area contributed by atoms with E-state index in [1.807, 2.05) is 6.92 Å². The number of nitriles is 1. The van der Waals surface area contributed by atoms with Gasteiger partial charge in [-0.2, -0.15) is 5.26 Å². The van der Waals surface area contributed by atoms with E-state index in [0.717, 1.165) is 21.2 Å². The number of carboxylic acids is 1. The van der Waals surface area contributed by atoms with Crippen LogP contribution in [-0.4, -0.2) is 27.6 Å². The van der Waals surface area contributed by atoms with Gasteiger partial charge in [0.1, 0.15) is 22.6 Å². The summed E-state index contributed by atoms with van der Waals surface area (Å²) in [5.74, 6) is -1.44. The first-order chi connectivity index (χ1) is 12.0. The van der Waals surface area contributed by atoms with Gasteiger partial charge in [0.2, 0.25) is 5.82 Å². The van der Waals surface area contributed by atoms with E-state index in [0.29, 0.717) is 23.7 Å². The molecule has 0 aliphatic carbocycles. The third kappa shape index (κ3) is 3.41. The van der Waals surface area contributed by atoms with Gasteiger partial charge in [0.25, 0.3) is 0 Å². The van der Waals surface area contributed by atoms with Crippen LogP contribution in [0.15, 0.2) is 24.4 Å². The Kier molecular flexibility index (Phi) is 4.59. The molecular weight excluding hydrogens is 343 g/mol. The summed E-state index contributed by atoms with van der Waals surface area (Å²) in [6.07, 6.45) is 1.84. The van der Waals surface area contributed by atoms with E-state index < -0.39 is 5.97 Å². The van der Waals surface area contributed by atoms with E-state index in [2.05, 4.69) is 21.4 Å². The van der Waals surface area contributed by atoms with Gasteiger partial charge >= 0.3 is 5.97 Å². The largest absolute Gasteiger partial charge is 0.475 e. The summed E-state index contributed by atoms with van der Waals surface area (Å²) in [6, 6.07) is 6.63. The molecule has 2 heterocycles. The summed E-state index contributed by atoms with van der Waals surface area (Å²) < 4.78 is 14.6. The zero-order valence-corrected chi connectivity index (χ0v) is 14.0. The molecule has 0 unspecified atom stereocenters. The number of hydrogen-bond acceptors (Lipinski definition) is 6. The number of hydrogen-bond donors (Lipinski definition) is 2. The highest BCUT2D eigenvalue weighted by Gasteiger charge is 2.15. The highest BCUT2D eigenvalue weighted by atomic mass is 32.1. The van der Waals surface area contributed by atoms with E-state index in [1.165, 1.54) is 29.7 Å². The maximum absolute atomic E-state index is 13.7. The molecule has 126 valence electrons. The first kappa shape index (κ1) is 16.8. The van der Waals surface area contributed by atoms with Crippen molar-refractivity contribution in [1.29, 1.82) is 5.26 Å². The molecule has 0 aliphatic heterocycles. The van der Waals surface area contributed by atoms with Crippen LogP contribution >= 0.6 is 11.3 Å². The van der Waals surface area contributed by atoms with Crippen LogP contribution in [0.25, 0.3) is 10.1 Å². The van der Waals surface area contributed by atoms with Crippen molar-refractivity contribution < 1.29 is 14.3 Å². The molecule has 1 aromatic carbocycles. The van der Waals surface area contributed by atoms with E-state index in [-0.39, 0.29) is 11.6 Å². The average molecular weight is 356 g/mol. The number of aromatic nitrogens is 2. The number of aryl methyl sites for hydroxylation is 1. The average Bonchev–Trinajstić information content (AvgIpc) is 2.93. The summed E-state index contributed by atoms with van der Waals surface area (Å²) in [7, 11) is 0. The molecule has 0 amide bonds. The predicted octanol–water partition coefficient (Wildman–Crippen LogP) is 3.36. The van der Waals surface area contributed by atoms with Crippen molar-refractivity contribution in [2.24, 2.45) is 0 Å². The number of nitrogens with zero attached hydrogens (tertiary/aromatic N) is 3. The van der Waals surface area contributed by atoms with Crippen LogP contribution < -0.4 is 5.32 Å².